The zero-order valence-electron chi connectivity index (χ0n) is 21.6. The van der Waals surface area contributed by atoms with Gasteiger partial charge in [-0.3, -0.25) is 9.48 Å². The third-order valence-electron chi connectivity index (χ3n) is 5.35. The van der Waals surface area contributed by atoms with Gasteiger partial charge in [0.25, 0.3) is 0 Å². The topological polar surface area (TPSA) is 105 Å². The average Bonchev–Trinajstić information content (AvgIpc) is 3.23. The maximum atomic E-state index is 12.8. The first-order chi connectivity index (χ1) is 18.5. The quantitative estimate of drug-likeness (QED) is 0.272. The van der Waals surface area contributed by atoms with Crippen molar-refractivity contribution in [1.82, 2.24) is 14.8 Å². The van der Waals surface area contributed by atoms with Gasteiger partial charge in [-0.15, -0.1) is 5.10 Å². The molecule has 2 aromatic heterocycles. The van der Waals surface area contributed by atoms with Crippen molar-refractivity contribution >= 4 is 17.6 Å². The van der Waals surface area contributed by atoms with E-state index in [1.165, 1.54) is 7.11 Å². The Hall–Kier alpha value is -3.67. The van der Waals surface area contributed by atoms with Gasteiger partial charge in [0, 0.05) is 30.8 Å². The van der Waals surface area contributed by atoms with Gasteiger partial charge >= 0.3 is 12.1 Å². The van der Waals surface area contributed by atoms with Gasteiger partial charge in [0.15, 0.2) is 11.5 Å². The van der Waals surface area contributed by atoms with Crippen LogP contribution >= 0.6 is 11.6 Å². The molecular formula is C26H29ClF3N3O6. The Kier molecular flexibility index (Phi) is 10.3. The molecule has 2 heterocycles. The lowest BCUT2D eigenvalue weighted by Crippen LogP contribution is -2.12. The number of benzene rings is 1. The maximum absolute atomic E-state index is 12.8. The van der Waals surface area contributed by atoms with E-state index in [1.54, 1.807) is 29.1 Å². The van der Waals surface area contributed by atoms with E-state index in [9.17, 15) is 18.0 Å². The molecule has 212 valence electrons. The summed E-state index contributed by atoms with van der Waals surface area (Å²) in [6.07, 6.45) is -1.70. The number of halogens is 4. The van der Waals surface area contributed by atoms with Crippen LogP contribution in [0.5, 0.6) is 23.3 Å². The largest absolute Gasteiger partial charge is 0.493 e. The third kappa shape index (κ3) is 8.67. The number of para-hydroxylation sites is 1. The zero-order valence-corrected chi connectivity index (χ0v) is 22.4. The van der Waals surface area contributed by atoms with Gasteiger partial charge in [-0.05, 0) is 38.0 Å². The monoisotopic (exact) mass is 571 g/mol. The molecule has 0 aliphatic heterocycles. The molecule has 1 aromatic carbocycles. The number of aliphatic carboxylic acids is 1. The zero-order chi connectivity index (χ0) is 28.6. The van der Waals surface area contributed by atoms with Crippen LogP contribution in [-0.2, 0) is 30.4 Å². The van der Waals surface area contributed by atoms with E-state index in [0.717, 1.165) is 11.6 Å². The number of rotatable bonds is 14. The number of methoxy groups -OCH3 is 1. The molecule has 0 bridgehead atoms. The molecule has 0 saturated carbocycles. The van der Waals surface area contributed by atoms with Crippen LogP contribution in [0.2, 0.25) is 5.02 Å². The number of aryl methyl sites for hydroxylation is 1. The summed E-state index contributed by atoms with van der Waals surface area (Å²) in [6, 6.07) is 6.06. The highest BCUT2D eigenvalue weighted by molar-refractivity contribution is 6.31. The molecule has 0 radical (unpaired) electrons. The number of carbonyl (C=O) groups is 1. The van der Waals surface area contributed by atoms with Crippen molar-refractivity contribution in [3.63, 3.8) is 0 Å². The van der Waals surface area contributed by atoms with E-state index in [4.69, 9.17) is 35.7 Å². The summed E-state index contributed by atoms with van der Waals surface area (Å²) >= 11 is 5.92. The number of aromatic nitrogens is 3. The second kappa shape index (κ2) is 13.4. The minimum absolute atomic E-state index is 0.0444. The Bertz CT molecular complexity index is 1270. The van der Waals surface area contributed by atoms with Crippen LogP contribution in [0.3, 0.4) is 0 Å². The van der Waals surface area contributed by atoms with E-state index < -0.39 is 17.7 Å². The molecule has 0 aliphatic carbocycles. The lowest BCUT2D eigenvalue weighted by Gasteiger charge is -2.14. The second-order valence-electron chi connectivity index (χ2n) is 8.69. The van der Waals surface area contributed by atoms with Gasteiger partial charge in [0.2, 0.25) is 11.8 Å². The average molecular weight is 572 g/mol. The molecule has 0 atom stereocenters. The standard InChI is InChI=1S/C26H29ClF3N3O6/c1-16(2)39-24-18(9-11-38-25-20(27)13-19(14-31-25)26(28,29)30)15-33(32-24)10-12-37-23-17(7-8-22(34)35)5-4-6-21(23)36-3/h4-6,13-16H,7-12H2,1-3H3,(H,34,35). The second-order valence-corrected chi connectivity index (χ2v) is 9.09. The Morgan fingerprint density at radius 3 is 2.54 bits per heavy atom. The van der Waals surface area contributed by atoms with Crippen molar-refractivity contribution in [3.05, 3.63) is 58.4 Å². The van der Waals surface area contributed by atoms with Crippen molar-refractivity contribution in [2.75, 3.05) is 20.3 Å². The SMILES string of the molecule is COc1cccc(CCC(=O)O)c1OCCn1cc(CCOc2ncc(C(F)(F)F)cc2Cl)c(OC(C)C)n1. The lowest BCUT2D eigenvalue weighted by atomic mass is 10.1. The Balaban J connectivity index is 1.65. The summed E-state index contributed by atoms with van der Waals surface area (Å²) < 4.78 is 62.8. The van der Waals surface area contributed by atoms with E-state index in [1.807, 2.05) is 13.8 Å². The minimum Gasteiger partial charge on any atom is -0.493 e. The van der Waals surface area contributed by atoms with Crippen LogP contribution < -0.4 is 18.9 Å². The van der Waals surface area contributed by atoms with Crippen molar-refractivity contribution in [3.8, 4) is 23.3 Å². The molecule has 1 N–H and O–H groups in total. The van der Waals surface area contributed by atoms with Crippen LogP contribution in [0.1, 0.15) is 37.0 Å². The first-order valence-corrected chi connectivity index (χ1v) is 12.4. The van der Waals surface area contributed by atoms with E-state index in [-0.39, 0.29) is 43.1 Å². The van der Waals surface area contributed by atoms with E-state index >= 15 is 0 Å². The molecular weight excluding hydrogens is 543 g/mol. The van der Waals surface area contributed by atoms with Crippen molar-refractivity contribution in [2.45, 2.75) is 51.9 Å². The summed E-state index contributed by atoms with van der Waals surface area (Å²) in [5, 5.41) is 13.3. The minimum atomic E-state index is -4.55. The summed E-state index contributed by atoms with van der Waals surface area (Å²) in [5.74, 6) is 0.342. The van der Waals surface area contributed by atoms with Gasteiger partial charge in [-0.2, -0.15) is 13.2 Å². The van der Waals surface area contributed by atoms with Crippen molar-refractivity contribution in [1.29, 1.82) is 0 Å². The molecule has 3 rings (SSSR count). The molecule has 39 heavy (non-hydrogen) atoms. The highest BCUT2D eigenvalue weighted by Crippen LogP contribution is 2.34. The van der Waals surface area contributed by atoms with Crippen LogP contribution in [0.4, 0.5) is 13.2 Å². The summed E-state index contributed by atoms with van der Waals surface area (Å²) in [4.78, 5) is 14.7. The first-order valence-electron chi connectivity index (χ1n) is 12.1. The van der Waals surface area contributed by atoms with Gasteiger partial charge in [-0.1, -0.05) is 23.7 Å². The maximum Gasteiger partial charge on any atom is 0.417 e. The molecule has 0 unspecified atom stereocenters. The smallest absolute Gasteiger partial charge is 0.417 e. The highest BCUT2D eigenvalue weighted by atomic mass is 35.5. The fourth-order valence-electron chi connectivity index (χ4n) is 3.56. The number of hydrogen-bond acceptors (Lipinski definition) is 7. The molecule has 9 nitrogen and oxygen atoms in total. The molecule has 0 spiro atoms. The number of nitrogens with zero attached hydrogens (tertiary/aromatic N) is 3. The molecule has 13 heteroatoms. The van der Waals surface area contributed by atoms with Gasteiger partial charge < -0.3 is 24.1 Å². The predicted molar refractivity (Wildman–Crippen MR) is 136 cm³/mol. The lowest BCUT2D eigenvalue weighted by molar-refractivity contribution is -0.138. The molecule has 0 aliphatic rings. The van der Waals surface area contributed by atoms with Gasteiger partial charge in [0.1, 0.15) is 11.6 Å². The molecule has 3 aromatic rings. The van der Waals surface area contributed by atoms with Crippen molar-refractivity contribution < 1.29 is 42.0 Å². The van der Waals surface area contributed by atoms with Crippen LogP contribution in [0.15, 0.2) is 36.7 Å². The Morgan fingerprint density at radius 2 is 1.90 bits per heavy atom. The predicted octanol–water partition coefficient (Wildman–Crippen LogP) is 5.46. The van der Waals surface area contributed by atoms with Crippen LogP contribution in [0.25, 0.3) is 0 Å². The number of carboxylic acid groups (broad SMARTS) is 1. The number of carboxylic acids is 1. The summed E-state index contributed by atoms with van der Waals surface area (Å²) in [7, 11) is 1.51. The fraction of sp³-hybridized carbons (Fsp3) is 0.423. The number of hydrogen-bond donors (Lipinski definition) is 1. The third-order valence-corrected chi connectivity index (χ3v) is 5.62. The normalized spacial score (nSPS) is 11.5. The Morgan fingerprint density at radius 1 is 1.13 bits per heavy atom. The first kappa shape index (κ1) is 29.9. The fourth-order valence-corrected chi connectivity index (χ4v) is 3.78. The molecule has 0 saturated heterocycles. The van der Waals surface area contributed by atoms with E-state index in [2.05, 4.69) is 10.1 Å². The van der Waals surface area contributed by atoms with Gasteiger partial charge in [-0.25, -0.2) is 4.98 Å². The van der Waals surface area contributed by atoms with Gasteiger partial charge in [0.05, 0.1) is 31.9 Å². The highest BCUT2D eigenvalue weighted by Gasteiger charge is 2.31. The summed E-state index contributed by atoms with van der Waals surface area (Å²) in [6.45, 7) is 4.34. The number of ether oxygens (including phenoxy) is 4. The Labute approximate surface area is 228 Å². The van der Waals surface area contributed by atoms with E-state index in [0.29, 0.717) is 42.1 Å². The molecule has 0 fully saturated rings. The van der Waals surface area contributed by atoms with Crippen molar-refractivity contribution in [2.24, 2.45) is 0 Å². The summed E-state index contributed by atoms with van der Waals surface area (Å²) in [5.41, 5.74) is 0.471. The van der Waals surface area contributed by atoms with Crippen LogP contribution in [-0.4, -0.2) is 52.3 Å². The molecule has 0 amide bonds. The number of alkyl halides is 3. The number of pyridine rings is 1. The van der Waals surface area contributed by atoms with Crippen LogP contribution in [0, 0.1) is 0 Å².